The van der Waals surface area contributed by atoms with Gasteiger partial charge in [-0.2, -0.15) is 11.8 Å². The van der Waals surface area contributed by atoms with E-state index in [1.807, 2.05) is 53.3 Å². The smallest absolute Gasteiger partial charge is 0.226 e. The van der Waals surface area contributed by atoms with E-state index in [2.05, 4.69) is 45.3 Å². The Morgan fingerprint density at radius 1 is 0.833 bits per heavy atom. The summed E-state index contributed by atoms with van der Waals surface area (Å²) in [5.74, 6) is 3.84. The van der Waals surface area contributed by atoms with Gasteiger partial charge in [0.15, 0.2) is 0 Å². The number of nitrogens with one attached hydrogen (secondary N) is 2. The Kier molecular flexibility index (Phi) is 38.0. The van der Waals surface area contributed by atoms with E-state index in [9.17, 15) is 9.59 Å². The largest absolute Gasteiger partial charge is 0.396 e. The number of carbonyl (C=O) groups excluding carboxylic acids is 2. The quantitative estimate of drug-likeness (QED) is 0.156. The molecule has 0 aliphatic rings. The summed E-state index contributed by atoms with van der Waals surface area (Å²) < 4.78 is 0. The zero-order valence-electron chi connectivity index (χ0n) is 26.2. The summed E-state index contributed by atoms with van der Waals surface area (Å²) in [7, 11) is 0. The molecule has 2 amide bonds. The van der Waals surface area contributed by atoms with Crippen LogP contribution in [0.4, 0.5) is 0 Å². The molecule has 36 heavy (non-hydrogen) atoms. The second kappa shape index (κ2) is 32.3. The highest BCUT2D eigenvalue weighted by Crippen LogP contribution is 2.30. The molecule has 0 aromatic heterocycles. The molecule has 220 valence electrons. The van der Waals surface area contributed by atoms with Crippen LogP contribution in [0, 0.1) is 17.3 Å². The average Bonchev–Trinajstić information content (AvgIpc) is 2.91. The van der Waals surface area contributed by atoms with Crippen LogP contribution in [-0.2, 0) is 9.59 Å². The second-order valence-electron chi connectivity index (χ2n) is 9.08. The highest BCUT2D eigenvalue weighted by Gasteiger charge is 2.33. The molecule has 0 aromatic rings. The first-order valence-electron chi connectivity index (χ1n) is 15.0. The van der Waals surface area contributed by atoms with Gasteiger partial charge < -0.3 is 15.7 Å². The molecule has 0 aromatic carbocycles. The van der Waals surface area contributed by atoms with Gasteiger partial charge in [-0.15, -0.1) is 0 Å². The van der Waals surface area contributed by atoms with Crippen molar-refractivity contribution in [2.24, 2.45) is 17.3 Å². The van der Waals surface area contributed by atoms with Gasteiger partial charge >= 0.3 is 0 Å². The molecule has 0 atom stereocenters. The Morgan fingerprint density at radius 2 is 1.39 bits per heavy atom. The van der Waals surface area contributed by atoms with Crippen molar-refractivity contribution in [3.63, 3.8) is 0 Å². The maximum absolute atomic E-state index is 12.1. The first-order valence-corrected chi connectivity index (χ1v) is 16.2. The number of carbonyl (C=O) groups is 2. The molecule has 0 spiro atoms. The summed E-state index contributed by atoms with van der Waals surface area (Å²) in [5.41, 5.74) is -0.371. The van der Waals surface area contributed by atoms with Gasteiger partial charge in [-0.1, -0.05) is 89.0 Å². The number of amides is 2. The van der Waals surface area contributed by atoms with Crippen molar-refractivity contribution in [1.29, 1.82) is 0 Å². The summed E-state index contributed by atoms with van der Waals surface area (Å²) >= 11 is 1.87. The zero-order chi connectivity index (χ0) is 28.8. The summed E-state index contributed by atoms with van der Waals surface area (Å²) in [6.45, 7) is 24.6. The standard InChI is InChI=1S/C13H27NO2S.C13H27NO.2C2H6/c1-4-10-17-11-8-14-12(16)13(5-2,6-3)7-9-15;1-5-12(6-2)9-10-14-13(15)8-7-11(3)4;2*1-2/h15H,4-11H2,1-3H3,(H,14,16);11-12H,5-10H2,1-4H3,(H,14,15);2*1-2H3. The molecule has 0 bridgehead atoms. The van der Waals surface area contributed by atoms with Crippen molar-refractivity contribution < 1.29 is 14.7 Å². The Hall–Kier alpha value is -0.750. The third kappa shape index (κ3) is 24.9. The van der Waals surface area contributed by atoms with E-state index in [4.69, 9.17) is 5.11 Å². The second-order valence-corrected chi connectivity index (χ2v) is 10.3. The van der Waals surface area contributed by atoms with Crippen LogP contribution in [0.15, 0.2) is 0 Å². The summed E-state index contributed by atoms with van der Waals surface area (Å²) in [4.78, 5) is 23.5. The molecule has 0 fully saturated rings. The van der Waals surface area contributed by atoms with Gasteiger partial charge in [0.1, 0.15) is 0 Å². The molecular weight excluding hydrogens is 468 g/mol. The van der Waals surface area contributed by atoms with E-state index in [1.54, 1.807) is 0 Å². The SMILES string of the molecule is CC.CC.CCC(CC)CCNC(=O)CCC(C)C.CCCSCCNC(=O)C(CC)(CC)CCO. The van der Waals surface area contributed by atoms with Crippen molar-refractivity contribution in [3.8, 4) is 0 Å². The molecule has 0 saturated heterocycles. The molecule has 3 N–H and O–H groups in total. The minimum atomic E-state index is -0.371. The van der Waals surface area contributed by atoms with Crippen LogP contribution in [0.25, 0.3) is 0 Å². The first-order chi connectivity index (χ1) is 17.3. The Morgan fingerprint density at radius 3 is 1.81 bits per heavy atom. The van der Waals surface area contributed by atoms with E-state index in [0.29, 0.717) is 18.8 Å². The molecule has 0 saturated carbocycles. The predicted molar refractivity (Wildman–Crippen MR) is 164 cm³/mol. The van der Waals surface area contributed by atoms with E-state index in [-0.39, 0.29) is 23.8 Å². The molecular formula is C30H66N2O3S. The lowest BCUT2D eigenvalue weighted by Crippen LogP contribution is -2.41. The lowest BCUT2D eigenvalue weighted by molar-refractivity contribution is -0.132. The monoisotopic (exact) mass is 534 g/mol. The van der Waals surface area contributed by atoms with Crippen LogP contribution in [0.1, 0.15) is 134 Å². The van der Waals surface area contributed by atoms with Gasteiger partial charge in [0, 0.05) is 31.9 Å². The topological polar surface area (TPSA) is 78.4 Å². The van der Waals surface area contributed by atoms with E-state index in [1.165, 1.54) is 19.3 Å². The number of aliphatic hydroxyl groups excluding tert-OH is 1. The van der Waals surface area contributed by atoms with Crippen LogP contribution in [-0.4, -0.2) is 48.1 Å². The highest BCUT2D eigenvalue weighted by molar-refractivity contribution is 7.99. The van der Waals surface area contributed by atoms with Crippen LogP contribution < -0.4 is 10.6 Å². The summed E-state index contributed by atoms with van der Waals surface area (Å²) in [5, 5.41) is 15.1. The molecule has 5 nitrogen and oxygen atoms in total. The zero-order valence-corrected chi connectivity index (χ0v) is 27.0. The lowest BCUT2D eigenvalue weighted by Gasteiger charge is -2.29. The van der Waals surface area contributed by atoms with Crippen molar-refractivity contribution in [2.75, 3.05) is 31.2 Å². The number of thioether (sulfide) groups is 1. The fourth-order valence-corrected chi connectivity index (χ4v) is 4.28. The normalized spacial score (nSPS) is 10.4. The summed E-state index contributed by atoms with van der Waals surface area (Å²) in [6.07, 6.45) is 8.56. The number of hydrogen-bond donors (Lipinski definition) is 3. The fraction of sp³-hybridized carbons (Fsp3) is 0.933. The summed E-state index contributed by atoms with van der Waals surface area (Å²) in [6, 6.07) is 0. The molecule has 0 radical (unpaired) electrons. The molecule has 6 heteroatoms. The van der Waals surface area contributed by atoms with Gasteiger partial charge in [0.25, 0.3) is 0 Å². The van der Waals surface area contributed by atoms with Crippen LogP contribution in [0.2, 0.25) is 0 Å². The molecule has 0 unspecified atom stereocenters. The Labute approximate surface area is 231 Å². The van der Waals surface area contributed by atoms with Crippen molar-refractivity contribution in [1.82, 2.24) is 10.6 Å². The van der Waals surface area contributed by atoms with Gasteiger partial charge in [-0.05, 0) is 56.1 Å². The van der Waals surface area contributed by atoms with Crippen LogP contribution in [0.5, 0.6) is 0 Å². The Bertz CT molecular complexity index is 451. The van der Waals surface area contributed by atoms with Crippen molar-refractivity contribution in [2.45, 2.75) is 134 Å². The molecule has 0 heterocycles. The van der Waals surface area contributed by atoms with Gasteiger partial charge in [-0.3, -0.25) is 9.59 Å². The van der Waals surface area contributed by atoms with Crippen LogP contribution >= 0.6 is 11.8 Å². The first kappa shape index (κ1) is 42.3. The van der Waals surface area contributed by atoms with Gasteiger partial charge in [-0.25, -0.2) is 0 Å². The van der Waals surface area contributed by atoms with Crippen LogP contribution in [0.3, 0.4) is 0 Å². The van der Waals surface area contributed by atoms with Crippen molar-refractivity contribution in [3.05, 3.63) is 0 Å². The minimum absolute atomic E-state index is 0.0830. The Balaban J connectivity index is -0.000000251. The van der Waals surface area contributed by atoms with E-state index < -0.39 is 0 Å². The number of aliphatic hydroxyl groups is 1. The average molecular weight is 535 g/mol. The highest BCUT2D eigenvalue weighted by atomic mass is 32.2. The van der Waals surface area contributed by atoms with Gasteiger partial charge in [0.2, 0.25) is 11.8 Å². The fourth-order valence-electron chi connectivity index (χ4n) is 3.54. The molecule has 0 rings (SSSR count). The van der Waals surface area contributed by atoms with Gasteiger partial charge in [0.05, 0.1) is 5.41 Å². The maximum atomic E-state index is 12.1. The molecule has 0 aliphatic heterocycles. The maximum Gasteiger partial charge on any atom is 0.226 e. The van der Waals surface area contributed by atoms with Crippen molar-refractivity contribution >= 4 is 23.6 Å². The predicted octanol–water partition coefficient (Wildman–Crippen LogP) is 7.85. The number of hydrogen-bond acceptors (Lipinski definition) is 4. The minimum Gasteiger partial charge on any atom is -0.396 e. The van der Waals surface area contributed by atoms with E-state index in [0.717, 1.165) is 56.2 Å². The lowest BCUT2D eigenvalue weighted by atomic mass is 9.78. The third-order valence-corrected chi connectivity index (χ3v) is 7.47. The number of rotatable bonds is 18. The molecule has 0 aliphatic carbocycles. The third-order valence-electron chi connectivity index (χ3n) is 6.28. The van der Waals surface area contributed by atoms with E-state index >= 15 is 0 Å².